The van der Waals surface area contributed by atoms with Crippen LogP contribution >= 0.6 is 11.8 Å². The van der Waals surface area contributed by atoms with Crippen LogP contribution in [0.5, 0.6) is 0 Å². The number of anilines is 2. The second-order valence-corrected chi connectivity index (χ2v) is 10.0. The third-order valence-electron chi connectivity index (χ3n) is 6.77. The van der Waals surface area contributed by atoms with Gasteiger partial charge in [-0.3, -0.25) is 14.5 Å². The zero-order chi connectivity index (χ0) is 24.1. The van der Waals surface area contributed by atoms with Gasteiger partial charge in [-0.05, 0) is 54.8 Å². The Morgan fingerprint density at radius 3 is 2.86 bits per heavy atom. The first-order chi connectivity index (χ1) is 17.0. The number of pyridine rings is 1. The number of aromatic nitrogens is 1. The highest BCUT2D eigenvalue weighted by Gasteiger charge is 2.33. The summed E-state index contributed by atoms with van der Waals surface area (Å²) in [6.07, 6.45) is -0.0963. The van der Waals surface area contributed by atoms with E-state index in [0.717, 1.165) is 10.3 Å². The van der Waals surface area contributed by atoms with Crippen molar-refractivity contribution >= 4 is 46.0 Å². The van der Waals surface area contributed by atoms with E-state index in [1.54, 1.807) is 27.7 Å². The van der Waals surface area contributed by atoms with Crippen molar-refractivity contribution in [3.8, 4) is 0 Å². The van der Waals surface area contributed by atoms with Crippen molar-refractivity contribution in [3.05, 3.63) is 64.2 Å². The summed E-state index contributed by atoms with van der Waals surface area (Å²) in [5.41, 5.74) is 2.58. The molecule has 1 fully saturated rings. The average Bonchev–Trinajstić information content (AvgIpc) is 3.42. The van der Waals surface area contributed by atoms with Crippen LogP contribution in [0.1, 0.15) is 17.9 Å². The lowest BCUT2D eigenvalue weighted by Crippen LogP contribution is -2.32. The van der Waals surface area contributed by atoms with Crippen molar-refractivity contribution in [1.29, 1.82) is 0 Å². The zero-order valence-electron chi connectivity index (χ0n) is 18.8. The highest BCUT2D eigenvalue weighted by molar-refractivity contribution is 8.00. The van der Waals surface area contributed by atoms with E-state index < -0.39 is 6.09 Å². The van der Waals surface area contributed by atoms with E-state index in [1.165, 1.54) is 23.9 Å². The van der Waals surface area contributed by atoms with Gasteiger partial charge in [0.15, 0.2) is 0 Å². The molecule has 1 aromatic heterocycles. The highest BCUT2D eigenvalue weighted by Crippen LogP contribution is 2.37. The molecule has 3 aliphatic rings. The third-order valence-corrected chi connectivity index (χ3v) is 7.84. The lowest BCUT2D eigenvalue weighted by atomic mass is 9.96. The Morgan fingerprint density at radius 2 is 1.97 bits per heavy atom. The molecule has 10 heteroatoms. The number of carbonyl (C=O) groups excluding carboxylic acids is 2. The minimum atomic E-state index is -0.425. The number of thioether (sulfide) groups is 1. The first kappa shape index (κ1) is 22.1. The summed E-state index contributed by atoms with van der Waals surface area (Å²) in [5.74, 6) is -0.0407. The molecule has 0 saturated carbocycles. The molecule has 1 saturated heterocycles. The Labute approximate surface area is 204 Å². The Hall–Kier alpha value is -3.37. The van der Waals surface area contributed by atoms with Crippen LogP contribution in [0.4, 0.5) is 20.6 Å². The number of rotatable bonds is 6. The number of amides is 2. The van der Waals surface area contributed by atoms with Gasteiger partial charge in [-0.1, -0.05) is 0 Å². The maximum Gasteiger partial charge on any atom is 0.414 e. The molecule has 0 spiro atoms. The van der Waals surface area contributed by atoms with Crippen LogP contribution in [0.2, 0.25) is 0 Å². The molecular weight excluding hydrogens is 471 g/mol. The van der Waals surface area contributed by atoms with Crippen molar-refractivity contribution < 1.29 is 18.7 Å². The molecule has 0 aliphatic carbocycles. The standard InChI is InChI=1S/C25H23FN4O4S/c26-18-4-1-14-2-6-22(32)30-11-15(23(18)24(14)30)7-8-27-10-17-12-29(25(33)34-17)16-3-5-20-19(9-16)28-21(31)13-35-20/h1-6,9,15,17,27H,7-8,10-13H2,(H,28,31)/t15-,17-/m1/s1. The van der Waals surface area contributed by atoms with Crippen molar-refractivity contribution in [3.63, 3.8) is 0 Å². The van der Waals surface area contributed by atoms with E-state index in [9.17, 15) is 18.8 Å². The molecule has 35 heavy (non-hydrogen) atoms. The molecule has 3 aliphatic heterocycles. The summed E-state index contributed by atoms with van der Waals surface area (Å²) < 4.78 is 21.8. The predicted molar refractivity (Wildman–Crippen MR) is 132 cm³/mol. The quantitative estimate of drug-likeness (QED) is 0.511. The molecule has 0 radical (unpaired) electrons. The van der Waals surface area contributed by atoms with E-state index in [0.29, 0.717) is 60.8 Å². The minimum Gasteiger partial charge on any atom is -0.443 e. The number of hydrogen-bond donors (Lipinski definition) is 2. The van der Waals surface area contributed by atoms with Crippen LogP contribution in [0.3, 0.4) is 0 Å². The first-order valence-electron chi connectivity index (χ1n) is 11.6. The van der Waals surface area contributed by atoms with Crippen LogP contribution in [0, 0.1) is 5.82 Å². The molecule has 0 unspecified atom stereocenters. The molecule has 3 aromatic rings. The molecule has 4 heterocycles. The SMILES string of the molecule is O=C1CSc2ccc(N3C[C@@H](CNCC[C@@H]4Cn5c(=O)ccc6ccc(F)c4c65)OC3=O)cc2N1. The molecule has 2 N–H and O–H groups in total. The Balaban J connectivity index is 1.06. The third kappa shape index (κ3) is 3.96. The van der Waals surface area contributed by atoms with E-state index in [1.807, 2.05) is 12.1 Å². The second-order valence-electron chi connectivity index (χ2n) is 9.00. The topological polar surface area (TPSA) is 92.7 Å². The van der Waals surface area contributed by atoms with Crippen LogP contribution < -0.4 is 21.1 Å². The van der Waals surface area contributed by atoms with Gasteiger partial charge in [-0.15, -0.1) is 11.8 Å². The number of fused-ring (bicyclic) bond motifs is 1. The molecule has 2 atom stereocenters. The van der Waals surface area contributed by atoms with Crippen LogP contribution in [-0.2, 0) is 16.1 Å². The van der Waals surface area contributed by atoms with E-state index in [-0.39, 0.29) is 29.3 Å². The largest absolute Gasteiger partial charge is 0.443 e. The Kier molecular flexibility index (Phi) is 5.49. The fraction of sp³-hybridized carbons (Fsp3) is 0.320. The van der Waals surface area contributed by atoms with Gasteiger partial charge >= 0.3 is 6.09 Å². The fourth-order valence-corrected chi connectivity index (χ4v) is 5.92. The number of hydrogen-bond acceptors (Lipinski definition) is 6. The number of benzene rings is 2. The van der Waals surface area contributed by atoms with Gasteiger partial charge in [0.2, 0.25) is 5.91 Å². The number of carbonyl (C=O) groups is 2. The average molecular weight is 495 g/mol. The van der Waals surface area contributed by atoms with Crippen LogP contribution in [0.25, 0.3) is 10.9 Å². The molecular formula is C25H23FN4O4S. The number of nitrogens with one attached hydrogen (secondary N) is 2. The van der Waals surface area contributed by atoms with Gasteiger partial charge in [0.25, 0.3) is 5.56 Å². The monoisotopic (exact) mass is 494 g/mol. The minimum absolute atomic E-state index is 0.0583. The summed E-state index contributed by atoms with van der Waals surface area (Å²) in [6.45, 7) is 1.92. The number of cyclic esters (lactones) is 1. The molecule has 8 nitrogen and oxygen atoms in total. The summed E-state index contributed by atoms with van der Waals surface area (Å²) in [6, 6.07) is 12.0. The number of ether oxygens (including phenoxy) is 1. The second kappa shape index (κ2) is 8.69. The highest BCUT2D eigenvalue weighted by atomic mass is 32.2. The van der Waals surface area contributed by atoms with Crippen LogP contribution in [0.15, 0.2) is 52.2 Å². The Morgan fingerprint density at radius 1 is 1.11 bits per heavy atom. The first-order valence-corrected chi connectivity index (χ1v) is 12.5. The number of halogens is 1. The molecule has 2 aromatic carbocycles. The maximum atomic E-state index is 14.6. The molecule has 180 valence electrons. The number of nitrogens with zero attached hydrogens (tertiary/aromatic N) is 2. The predicted octanol–water partition coefficient (Wildman–Crippen LogP) is 3.29. The van der Waals surface area contributed by atoms with Crippen molar-refractivity contribution in [2.75, 3.05) is 35.6 Å². The summed E-state index contributed by atoms with van der Waals surface area (Å²) in [5, 5.41) is 7.03. The van der Waals surface area contributed by atoms with Crippen molar-refractivity contribution in [1.82, 2.24) is 9.88 Å². The van der Waals surface area contributed by atoms with E-state index in [4.69, 9.17) is 4.74 Å². The summed E-state index contributed by atoms with van der Waals surface area (Å²) in [7, 11) is 0. The van der Waals surface area contributed by atoms with Gasteiger partial charge in [0, 0.05) is 41.2 Å². The van der Waals surface area contributed by atoms with Crippen molar-refractivity contribution in [2.24, 2.45) is 0 Å². The van der Waals surface area contributed by atoms with E-state index >= 15 is 0 Å². The van der Waals surface area contributed by atoms with Gasteiger partial charge in [-0.25, -0.2) is 9.18 Å². The normalized spacial score (nSPS) is 20.8. The lowest BCUT2D eigenvalue weighted by molar-refractivity contribution is -0.113. The van der Waals surface area contributed by atoms with Gasteiger partial charge < -0.3 is 19.9 Å². The van der Waals surface area contributed by atoms with Crippen molar-refractivity contribution in [2.45, 2.75) is 29.9 Å². The Bertz CT molecular complexity index is 1420. The smallest absolute Gasteiger partial charge is 0.414 e. The zero-order valence-corrected chi connectivity index (χ0v) is 19.6. The summed E-state index contributed by atoms with van der Waals surface area (Å²) >= 11 is 1.47. The lowest BCUT2D eigenvalue weighted by Gasteiger charge is -2.20. The van der Waals surface area contributed by atoms with Gasteiger partial charge in [-0.2, -0.15) is 0 Å². The van der Waals surface area contributed by atoms with E-state index in [2.05, 4.69) is 10.6 Å². The summed E-state index contributed by atoms with van der Waals surface area (Å²) in [4.78, 5) is 39.0. The van der Waals surface area contributed by atoms with Crippen LogP contribution in [-0.4, -0.2) is 48.1 Å². The van der Waals surface area contributed by atoms with Gasteiger partial charge in [0.05, 0.1) is 23.5 Å². The molecule has 2 amide bonds. The fourth-order valence-electron chi connectivity index (χ4n) is 5.13. The van der Waals surface area contributed by atoms with Gasteiger partial charge in [0.1, 0.15) is 11.9 Å². The molecule has 0 bridgehead atoms. The molecule has 6 rings (SSSR count). The maximum absolute atomic E-state index is 14.6.